The Labute approximate surface area is 163 Å². The van der Waals surface area contributed by atoms with E-state index >= 15 is 0 Å². The van der Waals surface area contributed by atoms with Gasteiger partial charge in [0.1, 0.15) is 23.2 Å². The number of likely N-dealkylation sites (N-methyl/N-ethyl adjacent to an activating group) is 1. The van der Waals surface area contributed by atoms with Crippen molar-refractivity contribution in [2.75, 3.05) is 32.1 Å². The van der Waals surface area contributed by atoms with Crippen LogP contribution in [0.25, 0.3) is 21.9 Å². The van der Waals surface area contributed by atoms with E-state index in [1.165, 1.54) is 0 Å². The molecule has 7 heteroatoms. The van der Waals surface area contributed by atoms with Crippen LogP contribution >= 0.6 is 0 Å². The lowest BCUT2D eigenvalue weighted by Gasteiger charge is -2.20. The first-order chi connectivity index (χ1) is 13.7. The van der Waals surface area contributed by atoms with Crippen LogP contribution in [0.4, 0.5) is 5.82 Å². The number of ether oxygens (including phenoxy) is 1. The van der Waals surface area contributed by atoms with Crippen molar-refractivity contribution < 1.29 is 4.74 Å². The monoisotopic (exact) mass is 376 g/mol. The van der Waals surface area contributed by atoms with Gasteiger partial charge in [-0.25, -0.2) is 15.0 Å². The number of para-hydroxylation sites is 1. The Morgan fingerprint density at radius 1 is 1.04 bits per heavy atom. The van der Waals surface area contributed by atoms with Crippen molar-refractivity contribution in [3.05, 3.63) is 54.1 Å². The van der Waals surface area contributed by atoms with Crippen molar-refractivity contribution in [3.63, 3.8) is 0 Å². The van der Waals surface area contributed by atoms with E-state index in [-0.39, 0.29) is 0 Å². The summed E-state index contributed by atoms with van der Waals surface area (Å²) in [5, 5.41) is 1.04. The maximum absolute atomic E-state index is 5.71. The van der Waals surface area contributed by atoms with E-state index in [2.05, 4.69) is 25.9 Å². The average molecular weight is 376 g/mol. The van der Waals surface area contributed by atoms with Gasteiger partial charge in [0.25, 0.3) is 0 Å². The number of aromatic nitrogens is 4. The number of nitrogens with zero attached hydrogens (tertiary/aromatic N) is 4. The summed E-state index contributed by atoms with van der Waals surface area (Å²) in [5.74, 6) is 3.46. The first kappa shape index (κ1) is 18.2. The van der Waals surface area contributed by atoms with E-state index in [1.807, 2.05) is 43.4 Å². The summed E-state index contributed by atoms with van der Waals surface area (Å²) in [6.07, 6.45) is 1.44. The van der Waals surface area contributed by atoms with Crippen LogP contribution in [0.15, 0.2) is 42.5 Å². The minimum atomic E-state index is 0.532. The Bertz CT molecular complexity index is 1110. The number of nitrogens with one attached hydrogen (secondary N) is 1. The minimum Gasteiger partial charge on any atom is -0.497 e. The third-order valence-electron chi connectivity index (χ3n) is 4.78. The van der Waals surface area contributed by atoms with Crippen molar-refractivity contribution in [3.8, 4) is 5.75 Å². The smallest absolute Gasteiger partial charge is 0.139 e. The van der Waals surface area contributed by atoms with Crippen LogP contribution in [0.5, 0.6) is 5.75 Å². The van der Waals surface area contributed by atoms with E-state index in [4.69, 9.17) is 15.5 Å². The molecule has 0 aliphatic rings. The number of rotatable bonds is 7. The van der Waals surface area contributed by atoms with E-state index in [0.29, 0.717) is 13.0 Å². The highest BCUT2D eigenvalue weighted by molar-refractivity contribution is 5.89. The van der Waals surface area contributed by atoms with Crippen LogP contribution in [0.2, 0.25) is 0 Å². The number of anilines is 1. The molecule has 7 nitrogen and oxygen atoms in total. The molecule has 0 spiro atoms. The van der Waals surface area contributed by atoms with Crippen molar-refractivity contribution in [1.29, 1.82) is 0 Å². The van der Waals surface area contributed by atoms with Gasteiger partial charge in [0, 0.05) is 37.9 Å². The lowest BCUT2D eigenvalue weighted by Crippen LogP contribution is -2.23. The summed E-state index contributed by atoms with van der Waals surface area (Å²) >= 11 is 0. The molecule has 4 rings (SSSR count). The molecule has 0 aliphatic heterocycles. The maximum Gasteiger partial charge on any atom is 0.139 e. The number of benzene rings is 2. The van der Waals surface area contributed by atoms with Gasteiger partial charge in [0.2, 0.25) is 0 Å². The van der Waals surface area contributed by atoms with Crippen molar-refractivity contribution in [2.24, 2.45) is 5.73 Å². The van der Waals surface area contributed by atoms with Crippen molar-refractivity contribution >= 4 is 27.8 Å². The fourth-order valence-corrected chi connectivity index (χ4v) is 3.31. The number of hydrogen-bond donors (Lipinski definition) is 2. The molecule has 2 heterocycles. The van der Waals surface area contributed by atoms with E-state index in [9.17, 15) is 0 Å². The number of aromatic amines is 1. The highest BCUT2D eigenvalue weighted by Crippen LogP contribution is 2.24. The molecule has 144 valence electrons. The summed E-state index contributed by atoms with van der Waals surface area (Å²) < 4.78 is 5.28. The summed E-state index contributed by atoms with van der Waals surface area (Å²) in [6.45, 7) is 1.31. The Kier molecular flexibility index (Phi) is 5.08. The first-order valence-corrected chi connectivity index (χ1v) is 9.37. The molecular weight excluding hydrogens is 352 g/mol. The molecule has 2 aromatic heterocycles. The Balaban J connectivity index is 1.57. The molecule has 4 aromatic rings. The van der Waals surface area contributed by atoms with Gasteiger partial charge in [-0.3, -0.25) is 0 Å². The van der Waals surface area contributed by atoms with Crippen LogP contribution in [-0.4, -0.2) is 47.2 Å². The summed E-state index contributed by atoms with van der Waals surface area (Å²) in [7, 11) is 3.71. The summed E-state index contributed by atoms with van der Waals surface area (Å²) in [6, 6.07) is 13.9. The highest BCUT2D eigenvalue weighted by Gasteiger charge is 2.12. The normalized spacial score (nSPS) is 11.2. The van der Waals surface area contributed by atoms with Gasteiger partial charge < -0.3 is 20.4 Å². The fourth-order valence-electron chi connectivity index (χ4n) is 3.31. The minimum absolute atomic E-state index is 0.532. The largest absolute Gasteiger partial charge is 0.497 e. The molecule has 28 heavy (non-hydrogen) atoms. The zero-order chi connectivity index (χ0) is 19.5. The zero-order valence-corrected chi connectivity index (χ0v) is 16.1. The summed E-state index contributed by atoms with van der Waals surface area (Å²) in [5.41, 5.74) is 8.57. The van der Waals surface area contributed by atoms with Crippen LogP contribution in [0, 0.1) is 0 Å². The van der Waals surface area contributed by atoms with Crippen LogP contribution in [0.1, 0.15) is 11.6 Å². The number of imidazole rings is 1. The van der Waals surface area contributed by atoms with Gasteiger partial charge in [0.05, 0.1) is 23.7 Å². The molecule has 3 N–H and O–H groups in total. The van der Waals surface area contributed by atoms with Gasteiger partial charge in [-0.2, -0.15) is 0 Å². The topological polar surface area (TPSA) is 92.9 Å². The van der Waals surface area contributed by atoms with Gasteiger partial charge in [-0.15, -0.1) is 0 Å². The number of nitrogens with two attached hydrogens (primary N) is 1. The summed E-state index contributed by atoms with van der Waals surface area (Å²) in [4.78, 5) is 19.6. The molecule has 0 saturated carbocycles. The number of methoxy groups -OCH3 is 1. The van der Waals surface area contributed by atoms with Crippen LogP contribution < -0.4 is 15.4 Å². The second kappa shape index (κ2) is 7.82. The molecule has 0 aliphatic carbocycles. The third-order valence-corrected chi connectivity index (χ3v) is 4.78. The van der Waals surface area contributed by atoms with Gasteiger partial charge >= 0.3 is 0 Å². The van der Waals surface area contributed by atoms with Crippen molar-refractivity contribution in [1.82, 2.24) is 19.9 Å². The molecule has 0 radical (unpaired) electrons. The van der Waals surface area contributed by atoms with E-state index in [1.54, 1.807) is 7.11 Å². The third kappa shape index (κ3) is 3.61. The first-order valence-electron chi connectivity index (χ1n) is 9.37. The Morgan fingerprint density at radius 3 is 2.71 bits per heavy atom. The lowest BCUT2D eigenvalue weighted by molar-refractivity contribution is 0.415. The second-order valence-electron chi connectivity index (χ2n) is 6.76. The molecule has 0 atom stereocenters. The molecule has 2 aromatic carbocycles. The molecular formula is C21H24N6O. The highest BCUT2D eigenvalue weighted by atomic mass is 16.5. The average Bonchev–Trinajstić information content (AvgIpc) is 3.13. The maximum atomic E-state index is 5.71. The quantitative estimate of drug-likeness (QED) is 0.515. The molecule has 0 amide bonds. The van der Waals surface area contributed by atoms with Gasteiger partial charge in [-0.1, -0.05) is 12.1 Å². The molecule has 0 bridgehead atoms. The van der Waals surface area contributed by atoms with E-state index < -0.39 is 0 Å². The zero-order valence-electron chi connectivity index (χ0n) is 16.1. The number of fused-ring (bicyclic) bond motifs is 2. The van der Waals surface area contributed by atoms with E-state index in [0.717, 1.165) is 58.1 Å². The SMILES string of the molecule is COc1ccc2nc(CCN(C)c3nc(CCN)nc4ccccc34)[nH]c2c1. The predicted octanol–water partition coefficient (Wildman–Crippen LogP) is 2.69. The second-order valence-corrected chi connectivity index (χ2v) is 6.76. The van der Waals surface area contributed by atoms with Crippen LogP contribution in [-0.2, 0) is 12.8 Å². The number of hydrogen-bond acceptors (Lipinski definition) is 6. The Morgan fingerprint density at radius 2 is 1.89 bits per heavy atom. The fraction of sp³-hybridized carbons (Fsp3) is 0.286. The van der Waals surface area contributed by atoms with Crippen molar-refractivity contribution in [2.45, 2.75) is 12.8 Å². The Hall–Kier alpha value is -3.19. The molecule has 0 fully saturated rings. The van der Waals surface area contributed by atoms with Gasteiger partial charge in [-0.05, 0) is 30.8 Å². The van der Waals surface area contributed by atoms with Gasteiger partial charge in [0.15, 0.2) is 0 Å². The van der Waals surface area contributed by atoms with Crippen LogP contribution in [0.3, 0.4) is 0 Å². The number of H-pyrrole nitrogens is 1. The standard InChI is InChI=1S/C21H24N6O/c1-27(12-10-20-24-17-8-7-14(28-2)13-18(17)25-20)21-15-5-3-4-6-16(15)23-19(26-21)9-11-22/h3-8,13H,9-12,22H2,1-2H3,(H,24,25). The predicted molar refractivity (Wildman–Crippen MR) is 112 cm³/mol. The lowest BCUT2D eigenvalue weighted by atomic mass is 10.2. The molecule has 0 unspecified atom stereocenters. The molecule has 0 saturated heterocycles.